The summed E-state index contributed by atoms with van der Waals surface area (Å²) in [5.41, 5.74) is 11.2. The maximum Gasteiger partial charge on any atom is 0.207 e. The first-order valence-electron chi connectivity index (χ1n) is 6.99. The van der Waals surface area contributed by atoms with Crippen molar-refractivity contribution in [2.45, 2.75) is 26.7 Å². The van der Waals surface area contributed by atoms with Crippen LogP contribution in [0.3, 0.4) is 0 Å². The molecule has 3 rings (SSSR count). The number of aryl methyl sites for hydroxylation is 3. The van der Waals surface area contributed by atoms with E-state index in [1.165, 1.54) is 5.56 Å². The maximum absolute atomic E-state index is 6.15. The van der Waals surface area contributed by atoms with E-state index in [4.69, 9.17) is 5.73 Å². The van der Waals surface area contributed by atoms with Crippen molar-refractivity contribution in [1.29, 1.82) is 0 Å². The van der Waals surface area contributed by atoms with Crippen molar-refractivity contribution < 1.29 is 0 Å². The number of benzene rings is 1. The van der Waals surface area contributed by atoms with Crippen LogP contribution in [0.25, 0.3) is 16.9 Å². The number of rotatable bonds is 3. The van der Waals surface area contributed by atoms with Crippen LogP contribution in [0.15, 0.2) is 22.7 Å². The van der Waals surface area contributed by atoms with Crippen molar-refractivity contribution in [3.05, 3.63) is 33.9 Å². The summed E-state index contributed by atoms with van der Waals surface area (Å²) in [7, 11) is 1.93. The number of anilines is 1. The molecule has 3 aromatic rings. The van der Waals surface area contributed by atoms with Crippen LogP contribution in [-0.2, 0) is 13.5 Å². The topological polar surface area (TPSA) is 61.7 Å². The van der Waals surface area contributed by atoms with Crippen molar-refractivity contribution in [3.63, 3.8) is 0 Å². The second-order valence-electron chi connectivity index (χ2n) is 5.23. The molecule has 0 saturated heterocycles. The zero-order valence-electron chi connectivity index (χ0n) is 12.4. The van der Waals surface area contributed by atoms with E-state index in [-0.39, 0.29) is 0 Å². The number of halogens is 1. The first-order valence-corrected chi connectivity index (χ1v) is 7.78. The Hall–Kier alpha value is -1.82. The van der Waals surface area contributed by atoms with E-state index in [9.17, 15) is 0 Å². The van der Waals surface area contributed by atoms with E-state index in [0.717, 1.165) is 39.9 Å². The number of hydrogen-bond donors (Lipinski definition) is 1. The molecule has 5 nitrogen and oxygen atoms in total. The highest BCUT2D eigenvalue weighted by Gasteiger charge is 2.18. The Morgan fingerprint density at radius 3 is 2.76 bits per heavy atom. The van der Waals surface area contributed by atoms with Gasteiger partial charge in [-0.05, 0) is 31.0 Å². The Labute approximate surface area is 131 Å². The van der Waals surface area contributed by atoms with Crippen molar-refractivity contribution in [3.8, 4) is 5.69 Å². The molecule has 110 valence electrons. The molecule has 0 aliphatic heterocycles. The number of imidazole rings is 1. The van der Waals surface area contributed by atoms with Crippen LogP contribution in [0.2, 0.25) is 0 Å². The summed E-state index contributed by atoms with van der Waals surface area (Å²) < 4.78 is 4.86. The quantitative estimate of drug-likeness (QED) is 0.789. The lowest BCUT2D eigenvalue weighted by atomic mass is 10.2. The van der Waals surface area contributed by atoms with Crippen LogP contribution in [0.5, 0.6) is 0 Å². The summed E-state index contributed by atoms with van der Waals surface area (Å²) in [6.45, 7) is 4.20. The molecule has 2 heterocycles. The first kappa shape index (κ1) is 14.1. The van der Waals surface area contributed by atoms with Gasteiger partial charge in [-0.25, -0.2) is 9.67 Å². The minimum absolute atomic E-state index is 0.492. The largest absolute Gasteiger partial charge is 0.369 e. The molecule has 1 aromatic carbocycles. The Bertz CT molecular complexity index is 815. The number of fused-ring (bicyclic) bond motifs is 1. The predicted octanol–water partition coefficient (Wildman–Crippen LogP) is 3.36. The second kappa shape index (κ2) is 5.18. The van der Waals surface area contributed by atoms with Gasteiger partial charge in [-0.1, -0.05) is 35.3 Å². The van der Waals surface area contributed by atoms with Gasteiger partial charge in [-0.15, -0.1) is 0 Å². The summed E-state index contributed by atoms with van der Waals surface area (Å²) in [6, 6.07) is 6.16. The van der Waals surface area contributed by atoms with Crippen molar-refractivity contribution in [1.82, 2.24) is 19.3 Å². The summed E-state index contributed by atoms with van der Waals surface area (Å²) in [6.07, 6.45) is 1.94. The van der Waals surface area contributed by atoms with Gasteiger partial charge in [0.05, 0.1) is 11.4 Å². The molecule has 2 N–H and O–H groups in total. The molecule has 0 saturated carbocycles. The fourth-order valence-electron chi connectivity index (χ4n) is 2.58. The third-order valence-corrected chi connectivity index (χ3v) is 4.48. The molecule has 0 fully saturated rings. The van der Waals surface area contributed by atoms with E-state index in [1.54, 1.807) is 0 Å². The van der Waals surface area contributed by atoms with Gasteiger partial charge in [0.2, 0.25) is 5.95 Å². The third-order valence-electron chi connectivity index (χ3n) is 3.63. The zero-order valence-corrected chi connectivity index (χ0v) is 14.0. The molecule has 0 aliphatic rings. The van der Waals surface area contributed by atoms with Gasteiger partial charge in [0.1, 0.15) is 5.52 Å². The van der Waals surface area contributed by atoms with Crippen molar-refractivity contribution in [2.24, 2.45) is 7.05 Å². The highest BCUT2D eigenvalue weighted by atomic mass is 79.9. The summed E-state index contributed by atoms with van der Waals surface area (Å²) in [4.78, 5) is 4.52. The van der Waals surface area contributed by atoms with Gasteiger partial charge in [0.25, 0.3) is 0 Å². The van der Waals surface area contributed by atoms with Gasteiger partial charge in [-0.2, -0.15) is 5.10 Å². The van der Waals surface area contributed by atoms with Gasteiger partial charge < -0.3 is 5.73 Å². The van der Waals surface area contributed by atoms with Crippen LogP contribution in [0.4, 0.5) is 5.95 Å². The molecule has 0 radical (unpaired) electrons. The molecule has 0 atom stereocenters. The van der Waals surface area contributed by atoms with Gasteiger partial charge in [0.15, 0.2) is 5.65 Å². The molecule has 0 amide bonds. The van der Waals surface area contributed by atoms with Crippen LogP contribution in [-0.4, -0.2) is 19.3 Å². The molecule has 6 heteroatoms. The van der Waals surface area contributed by atoms with E-state index >= 15 is 0 Å². The Morgan fingerprint density at radius 1 is 1.33 bits per heavy atom. The SMILES string of the molecule is CCCc1nn(C)c2c1nc(N)n2-c1ccc(C)c(Br)c1. The lowest BCUT2D eigenvalue weighted by Gasteiger charge is -2.08. The first-order chi connectivity index (χ1) is 10.0. The molecule has 0 unspecified atom stereocenters. The van der Waals surface area contributed by atoms with Crippen LogP contribution >= 0.6 is 15.9 Å². The van der Waals surface area contributed by atoms with E-state index < -0.39 is 0 Å². The highest BCUT2D eigenvalue weighted by Crippen LogP contribution is 2.28. The van der Waals surface area contributed by atoms with E-state index in [2.05, 4.69) is 52.0 Å². The highest BCUT2D eigenvalue weighted by molar-refractivity contribution is 9.10. The Kier molecular flexibility index (Phi) is 3.49. The lowest BCUT2D eigenvalue weighted by molar-refractivity contribution is 0.737. The smallest absolute Gasteiger partial charge is 0.207 e. The minimum atomic E-state index is 0.492. The van der Waals surface area contributed by atoms with E-state index in [1.807, 2.05) is 22.4 Å². The lowest BCUT2D eigenvalue weighted by Crippen LogP contribution is -2.05. The molecular weight excluding hydrogens is 330 g/mol. The monoisotopic (exact) mass is 347 g/mol. The third kappa shape index (κ3) is 2.23. The normalized spacial score (nSPS) is 11.4. The summed E-state index contributed by atoms with van der Waals surface area (Å²) >= 11 is 3.57. The molecule has 21 heavy (non-hydrogen) atoms. The zero-order chi connectivity index (χ0) is 15.1. The number of nitrogens with two attached hydrogens (primary N) is 1. The summed E-state index contributed by atoms with van der Waals surface area (Å²) in [5.74, 6) is 0.492. The number of nitrogen functional groups attached to an aromatic ring is 1. The fourth-order valence-corrected chi connectivity index (χ4v) is 2.94. The van der Waals surface area contributed by atoms with Gasteiger partial charge in [-0.3, -0.25) is 4.57 Å². The molecule has 0 aliphatic carbocycles. The van der Waals surface area contributed by atoms with Crippen molar-refractivity contribution >= 4 is 33.0 Å². The molecule has 0 bridgehead atoms. The average Bonchev–Trinajstić information content (AvgIpc) is 2.92. The molecule has 2 aromatic heterocycles. The molecule has 0 spiro atoms. The van der Waals surface area contributed by atoms with E-state index in [0.29, 0.717) is 5.95 Å². The molecular formula is C15H18BrN5. The van der Waals surface area contributed by atoms with Gasteiger partial charge in [0, 0.05) is 11.5 Å². The van der Waals surface area contributed by atoms with Crippen LogP contribution in [0.1, 0.15) is 24.6 Å². The van der Waals surface area contributed by atoms with Crippen molar-refractivity contribution in [2.75, 3.05) is 5.73 Å². The number of hydrogen-bond acceptors (Lipinski definition) is 3. The van der Waals surface area contributed by atoms with Crippen LogP contribution < -0.4 is 5.73 Å². The number of aromatic nitrogens is 4. The maximum atomic E-state index is 6.15. The number of nitrogens with zero attached hydrogens (tertiary/aromatic N) is 4. The van der Waals surface area contributed by atoms with Gasteiger partial charge >= 0.3 is 0 Å². The average molecular weight is 348 g/mol. The van der Waals surface area contributed by atoms with Crippen LogP contribution in [0, 0.1) is 6.92 Å². The second-order valence-corrected chi connectivity index (χ2v) is 6.09. The Morgan fingerprint density at radius 2 is 2.10 bits per heavy atom. The Balaban J connectivity index is 2.27. The fraction of sp³-hybridized carbons (Fsp3) is 0.333. The predicted molar refractivity (Wildman–Crippen MR) is 88.7 cm³/mol. The standard InChI is InChI=1S/C15H18BrN5/c1-4-5-12-13-14(20(3)19-12)21(15(17)18-13)10-7-6-9(2)11(16)8-10/h6-8H,4-5H2,1-3H3,(H2,17,18). The summed E-state index contributed by atoms with van der Waals surface area (Å²) in [5, 5.41) is 4.57. The minimum Gasteiger partial charge on any atom is -0.369 e.